The van der Waals surface area contributed by atoms with Crippen molar-refractivity contribution >= 4 is 62.0 Å². The first-order valence-electron chi connectivity index (χ1n) is 7.22. The number of phenolic OH excluding ortho intramolecular Hbond substituents is 1. The Bertz CT molecular complexity index is 936. The highest BCUT2D eigenvalue weighted by Gasteiger charge is 2.15. The van der Waals surface area contributed by atoms with Crippen LogP contribution in [0.5, 0.6) is 5.75 Å². The average molecular weight is 407 g/mol. The Morgan fingerprint density at radius 1 is 1.12 bits per heavy atom. The van der Waals surface area contributed by atoms with E-state index < -0.39 is 0 Å². The first kappa shape index (κ1) is 18.4. The van der Waals surface area contributed by atoms with Crippen LogP contribution in [-0.2, 0) is 0 Å². The lowest BCUT2D eigenvalue weighted by molar-refractivity contribution is 0.477. The van der Waals surface area contributed by atoms with E-state index in [0.29, 0.717) is 26.8 Å². The summed E-state index contributed by atoms with van der Waals surface area (Å²) in [4.78, 5) is 10.1. The van der Waals surface area contributed by atoms with Crippen molar-refractivity contribution in [3.8, 4) is 5.75 Å². The number of anilines is 1. The lowest BCUT2D eigenvalue weighted by atomic mass is 10.2. The van der Waals surface area contributed by atoms with E-state index >= 15 is 0 Å². The number of aromatic nitrogens is 3. The van der Waals surface area contributed by atoms with E-state index in [1.54, 1.807) is 23.7 Å². The number of thiazole rings is 1. The number of hydrogen-bond donors (Lipinski definition) is 1. The summed E-state index contributed by atoms with van der Waals surface area (Å²) in [6.45, 7) is 0. The molecule has 2 heterocycles. The van der Waals surface area contributed by atoms with E-state index in [2.05, 4.69) is 34.8 Å². The molecule has 12 heteroatoms. The van der Waals surface area contributed by atoms with Gasteiger partial charge in [-0.05, 0) is 18.4 Å². The molecule has 0 aliphatic rings. The van der Waals surface area contributed by atoms with Crippen LogP contribution in [-0.4, -0.2) is 39.8 Å². The number of nitrogens with zero attached hydrogens (tertiary/aromatic N) is 8. The fourth-order valence-corrected chi connectivity index (χ4v) is 3.38. The molecule has 134 valence electrons. The van der Waals surface area contributed by atoms with Gasteiger partial charge in [0.1, 0.15) is 5.69 Å². The predicted molar refractivity (Wildman–Crippen MR) is 105 cm³/mol. The number of azo groups is 2. The maximum atomic E-state index is 10.6. The molecule has 0 unspecified atom stereocenters. The van der Waals surface area contributed by atoms with Crippen molar-refractivity contribution < 1.29 is 5.11 Å². The average Bonchev–Trinajstić information content (AvgIpc) is 3.30. The van der Waals surface area contributed by atoms with Crippen LogP contribution in [0, 0.1) is 0 Å². The molecule has 0 saturated heterocycles. The maximum Gasteiger partial charge on any atom is 0.250 e. The molecule has 26 heavy (non-hydrogen) atoms. The van der Waals surface area contributed by atoms with Crippen LogP contribution in [0.1, 0.15) is 0 Å². The van der Waals surface area contributed by atoms with Crippen LogP contribution >= 0.6 is 34.6 Å². The SMILES string of the molecule is CSc1nsc(/N=N/c2ccc(N(C)C)c(/N=N/c3nccs3)c2O)n1. The van der Waals surface area contributed by atoms with Crippen LogP contribution in [0.2, 0.25) is 0 Å². The van der Waals surface area contributed by atoms with Gasteiger partial charge in [-0.3, -0.25) is 0 Å². The highest BCUT2D eigenvalue weighted by atomic mass is 32.2. The number of hydrogen-bond acceptors (Lipinski definition) is 12. The van der Waals surface area contributed by atoms with Crippen LogP contribution in [0.3, 0.4) is 0 Å². The number of benzene rings is 1. The van der Waals surface area contributed by atoms with Crippen LogP contribution in [0.25, 0.3) is 0 Å². The van der Waals surface area contributed by atoms with Gasteiger partial charge in [-0.25, -0.2) is 4.98 Å². The second kappa shape index (κ2) is 8.29. The third kappa shape index (κ3) is 4.20. The summed E-state index contributed by atoms with van der Waals surface area (Å²) in [5.74, 6) is -0.116. The van der Waals surface area contributed by atoms with E-state index in [0.717, 1.165) is 11.5 Å². The zero-order valence-electron chi connectivity index (χ0n) is 14.1. The third-order valence-corrected chi connectivity index (χ3v) is 4.99. The first-order chi connectivity index (χ1) is 12.6. The Balaban J connectivity index is 1.95. The molecule has 0 amide bonds. The minimum Gasteiger partial charge on any atom is -0.504 e. The van der Waals surface area contributed by atoms with E-state index in [4.69, 9.17) is 0 Å². The first-order valence-corrected chi connectivity index (χ1v) is 10.1. The summed E-state index contributed by atoms with van der Waals surface area (Å²) in [5.41, 5.74) is 1.26. The standard InChI is InChI=1S/C14H14N8OS3/c1-22(2)9-5-4-8(17-20-13-16-14(24-3)21-26-13)11(23)10(9)18-19-12-15-6-7-25-12/h4-7,23H,1-3H3/b19-18+,20-17+. The molecule has 0 saturated carbocycles. The van der Waals surface area contributed by atoms with Gasteiger partial charge in [0.15, 0.2) is 11.4 Å². The second-order valence-corrected chi connectivity index (χ2v) is 7.35. The van der Waals surface area contributed by atoms with Crippen molar-refractivity contribution in [1.29, 1.82) is 0 Å². The molecule has 9 nitrogen and oxygen atoms in total. The van der Waals surface area contributed by atoms with Gasteiger partial charge in [0.05, 0.1) is 5.69 Å². The van der Waals surface area contributed by atoms with Crippen LogP contribution in [0.15, 0.2) is 49.3 Å². The van der Waals surface area contributed by atoms with Gasteiger partial charge in [-0.2, -0.15) is 9.36 Å². The molecule has 1 N–H and O–H groups in total. The molecule has 0 aliphatic heterocycles. The molecule has 0 aliphatic carbocycles. The Kier molecular flexibility index (Phi) is 5.85. The van der Waals surface area contributed by atoms with Crippen LogP contribution in [0.4, 0.5) is 27.3 Å². The zero-order valence-corrected chi connectivity index (χ0v) is 16.5. The Morgan fingerprint density at radius 2 is 1.92 bits per heavy atom. The highest BCUT2D eigenvalue weighted by Crippen LogP contribution is 2.44. The summed E-state index contributed by atoms with van der Waals surface area (Å²) in [6, 6.07) is 3.45. The van der Waals surface area contributed by atoms with Gasteiger partial charge in [-0.1, -0.05) is 11.8 Å². The Hall–Kier alpha value is -2.44. The van der Waals surface area contributed by atoms with Crippen molar-refractivity contribution in [2.75, 3.05) is 25.3 Å². The van der Waals surface area contributed by atoms with Crippen molar-refractivity contribution in [3.05, 3.63) is 23.7 Å². The van der Waals surface area contributed by atoms with Gasteiger partial charge in [0.25, 0.3) is 0 Å². The van der Waals surface area contributed by atoms with Crippen molar-refractivity contribution in [2.45, 2.75) is 5.16 Å². The molecule has 0 spiro atoms. The molecule has 0 fully saturated rings. The van der Waals surface area contributed by atoms with Crippen molar-refractivity contribution in [3.63, 3.8) is 0 Å². The monoisotopic (exact) mass is 406 g/mol. The number of thioether (sulfide) groups is 1. The van der Waals surface area contributed by atoms with Gasteiger partial charge in [-0.15, -0.1) is 31.8 Å². The van der Waals surface area contributed by atoms with Gasteiger partial charge >= 0.3 is 0 Å². The lowest BCUT2D eigenvalue weighted by Crippen LogP contribution is -2.08. The number of phenols is 1. The van der Waals surface area contributed by atoms with Gasteiger partial charge < -0.3 is 10.0 Å². The Morgan fingerprint density at radius 3 is 2.58 bits per heavy atom. The normalized spacial score (nSPS) is 11.7. The number of aromatic hydroxyl groups is 1. The fourth-order valence-electron chi connectivity index (χ4n) is 1.88. The van der Waals surface area contributed by atoms with Gasteiger partial charge in [0.2, 0.25) is 15.4 Å². The van der Waals surface area contributed by atoms with E-state index in [1.807, 2.05) is 25.3 Å². The molecule has 1 aromatic carbocycles. The quantitative estimate of drug-likeness (QED) is 0.438. The van der Waals surface area contributed by atoms with E-state index in [9.17, 15) is 5.11 Å². The smallest absolute Gasteiger partial charge is 0.250 e. The molecule has 0 radical (unpaired) electrons. The Labute approximate surface area is 161 Å². The zero-order chi connectivity index (χ0) is 18.5. The largest absolute Gasteiger partial charge is 0.504 e. The highest BCUT2D eigenvalue weighted by molar-refractivity contribution is 7.98. The third-order valence-electron chi connectivity index (χ3n) is 3.07. The molecule has 0 bridgehead atoms. The molecular formula is C14H14N8OS3. The molecule has 0 atom stereocenters. The summed E-state index contributed by atoms with van der Waals surface area (Å²) in [6.07, 6.45) is 3.52. The minimum atomic E-state index is -0.116. The molecular weight excluding hydrogens is 392 g/mol. The fraction of sp³-hybridized carbons (Fsp3) is 0.214. The van der Waals surface area contributed by atoms with Gasteiger partial charge in [0, 0.05) is 37.2 Å². The number of rotatable bonds is 6. The lowest BCUT2D eigenvalue weighted by Gasteiger charge is -2.15. The maximum absolute atomic E-state index is 10.6. The topological polar surface area (TPSA) is 112 Å². The molecule has 3 aromatic rings. The second-order valence-electron chi connectivity index (χ2n) is 4.97. The van der Waals surface area contributed by atoms with E-state index in [-0.39, 0.29) is 11.4 Å². The molecule has 2 aromatic heterocycles. The van der Waals surface area contributed by atoms with Crippen molar-refractivity contribution in [1.82, 2.24) is 14.3 Å². The summed E-state index contributed by atoms with van der Waals surface area (Å²) < 4.78 is 4.11. The van der Waals surface area contributed by atoms with Crippen LogP contribution < -0.4 is 4.90 Å². The molecule has 3 rings (SSSR count). The predicted octanol–water partition coefficient (Wildman–Crippen LogP) is 5.32. The summed E-state index contributed by atoms with van der Waals surface area (Å²) in [7, 11) is 3.70. The van der Waals surface area contributed by atoms with Crippen molar-refractivity contribution in [2.24, 2.45) is 20.5 Å². The van der Waals surface area contributed by atoms with E-state index in [1.165, 1.54) is 23.1 Å². The summed E-state index contributed by atoms with van der Waals surface area (Å²) in [5, 5.41) is 30.3. The summed E-state index contributed by atoms with van der Waals surface area (Å²) >= 11 is 3.92. The minimum absolute atomic E-state index is 0.116.